The van der Waals surface area contributed by atoms with Gasteiger partial charge in [0, 0.05) is 18.3 Å². The van der Waals surface area contributed by atoms with Crippen LogP contribution >= 0.6 is 0 Å². The lowest BCUT2D eigenvalue weighted by Gasteiger charge is -2.48. The van der Waals surface area contributed by atoms with E-state index in [0.717, 1.165) is 25.7 Å². The van der Waals surface area contributed by atoms with Crippen molar-refractivity contribution in [2.45, 2.75) is 43.9 Å². The van der Waals surface area contributed by atoms with E-state index in [4.69, 9.17) is 0 Å². The molecule has 2 aliphatic rings. The van der Waals surface area contributed by atoms with Crippen molar-refractivity contribution in [1.82, 2.24) is 0 Å². The smallest absolute Gasteiger partial charge is 0.133 e. The molecule has 2 atom stereocenters. The number of ketones is 1. The molecule has 2 nitrogen and oxygen atoms in total. The monoisotopic (exact) mass is 306 g/mol. The van der Waals surface area contributed by atoms with Gasteiger partial charge in [-0.25, -0.2) is 0 Å². The second-order valence-electron chi connectivity index (χ2n) is 7.14. The summed E-state index contributed by atoms with van der Waals surface area (Å²) in [6.45, 7) is 0. The van der Waals surface area contributed by atoms with Crippen molar-refractivity contribution >= 4 is 5.78 Å². The molecular formula is C21H22O2. The third kappa shape index (κ3) is 2.46. The molecule has 0 spiro atoms. The van der Waals surface area contributed by atoms with Crippen molar-refractivity contribution in [2.24, 2.45) is 5.92 Å². The highest BCUT2D eigenvalue weighted by atomic mass is 16.3. The SMILES string of the molecule is O=C1CCC2(Cc3ccccc3)c3ccc(O)cc3CC[C@@H]2C1. The van der Waals surface area contributed by atoms with Gasteiger partial charge in [0.25, 0.3) is 0 Å². The molecule has 0 aromatic heterocycles. The van der Waals surface area contributed by atoms with Crippen molar-refractivity contribution in [3.05, 3.63) is 65.2 Å². The van der Waals surface area contributed by atoms with Gasteiger partial charge in [-0.2, -0.15) is 0 Å². The Bertz CT molecular complexity index is 735. The minimum absolute atomic E-state index is 0.0521. The molecule has 2 aromatic rings. The van der Waals surface area contributed by atoms with E-state index in [9.17, 15) is 9.90 Å². The van der Waals surface area contributed by atoms with Gasteiger partial charge in [-0.3, -0.25) is 4.79 Å². The van der Waals surface area contributed by atoms with Gasteiger partial charge in [0.15, 0.2) is 0 Å². The number of carbonyl (C=O) groups excluding carboxylic acids is 1. The Hall–Kier alpha value is -2.09. The molecule has 2 aliphatic carbocycles. The summed E-state index contributed by atoms with van der Waals surface area (Å²) in [6.07, 6.45) is 5.34. The fraction of sp³-hybridized carbons (Fsp3) is 0.381. The predicted molar refractivity (Wildman–Crippen MR) is 90.6 cm³/mol. The Morgan fingerprint density at radius 3 is 2.74 bits per heavy atom. The molecule has 0 bridgehead atoms. The minimum Gasteiger partial charge on any atom is -0.508 e. The van der Waals surface area contributed by atoms with Crippen LogP contribution < -0.4 is 0 Å². The first kappa shape index (κ1) is 14.5. The van der Waals surface area contributed by atoms with Crippen LogP contribution in [0.3, 0.4) is 0 Å². The van der Waals surface area contributed by atoms with Crippen LogP contribution in [0.5, 0.6) is 5.75 Å². The molecule has 2 heteroatoms. The Kier molecular flexibility index (Phi) is 3.48. The van der Waals surface area contributed by atoms with Gasteiger partial charge in [-0.05, 0) is 60.4 Å². The molecule has 2 aromatic carbocycles. The van der Waals surface area contributed by atoms with E-state index in [1.54, 1.807) is 0 Å². The van der Waals surface area contributed by atoms with Crippen LogP contribution in [-0.2, 0) is 23.1 Å². The lowest BCUT2D eigenvalue weighted by atomic mass is 9.55. The van der Waals surface area contributed by atoms with E-state index < -0.39 is 0 Å². The highest BCUT2D eigenvalue weighted by molar-refractivity contribution is 5.80. The van der Waals surface area contributed by atoms with E-state index in [1.807, 2.05) is 12.1 Å². The number of hydrogen-bond acceptors (Lipinski definition) is 2. The van der Waals surface area contributed by atoms with Crippen LogP contribution in [0.4, 0.5) is 0 Å². The topological polar surface area (TPSA) is 37.3 Å². The summed E-state index contributed by atoms with van der Waals surface area (Å²) >= 11 is 0. The Morgan fingerprint density at radius 2 is 1.91 bits per heavy atom. The van der Waals surface area contributed by atoms with Gasteiger partial charge in [0.05, 0.1) is 0 Å². The number of fused-ring (bicyclic) bond motifs is 3. The number of phenolic OH excluding ortho intramolecular Hbond substituents is 1. The first-order valence-electron chi connectivity index (χ1n) is 8.55. The van der Waals surface area contributed by atoms with Crippen LogP contribution in [0.1, 0.15) is 42.4 Å². The molecule has 0 aliphatic heterocycles. The van der Waals surface area contributed by atoms with Crippen LogP contribution in [-0.4, -0.2) is 10.9 Å². The Morgan fingerprint density at radius 1 is 1.09 bits per heavy atom. The third-order valence-electron chi connectivity index (χ3n) is 5.86. The van der Waals surface area contributed by atoms with Gasteiger partial charge in [0.2, 0.25) is 0 Å². The summed E-state index contributed by atoms with van der Waals surface area (Å²) in [7, 11) is 0. The highest BCUT2D eigenvalue weighted by Crippen LogP contribution is 2.51. The summed E-state index contributed by atoms with van der Waals surface area (Å²) < 4.78 is 0. The Labute approximate surface area is 137 Å². The van der Waals surface area contributed by atoms with Crippen LogP contribution in [0.15, 0.2) is 48.5 Å². The normalized spacial score (nSPS) is 26.4. The average Bonchev–Trinajstić information content (AvgIpc) is 2.56. The fourth-order valence-corrected chi connectivity index (χ4v) is 4.76. The van der Waals surface area contributed by atoms with Crippen molar-refractivity contribution in [3.63, 3.8) is 0 Å². The zero-order valence-corrected chi connectivity index (χ0v) is 13.3. The predicted octanol–water partition coefficient (Wildman–Crippen LogP) is 4.19. The first-order chi connectivity index (χ1) is 11.2. The lowest BCUT2D eigenvalue weighted by molar-refractivity contribution is -0.123. The maximum Gasteiger partial charge on any atom is 0.133 e. The second kappa shape index (κ2) is 5.52. The van der Waals surface area contributed by atoms with Crippen molar-refractivity contribution in [1.29, 1.82) is 0 Å². The van der Waals surface area contributed by atoms with E-state index in [-0.39, 0.29) is 5.41 Å². The third-order valence-corrected chi connectivity index (χ3v) is 5.86. The standard InChI is InChI=1S/C21H22O2/c22-18-8-9-20-16(12-18)6-7-17-13-19(23)10-11-21(17,20)14-15-4-2-1-3-5-15/h1-5,8-9,12,17,22H,6-7,10-11,13-14H2/t17-,21?/m1/s1. The molecule has 0 amide bonds. The number of hydrogen-bond donors (Lipinski definition) is 1. The molecule has 0 saturated heterocycles. The van der Waals surface area contributed by atoms with Crippen LogP contribution in [0, 0.1) is 5.92 Å². The number of aryl methyl sites for hydroxylation is 1. The van der Waals surface area contributed by atoms with E-state index >= 15 is 0 Å². The van der Waals surface area contributed by atoms with E-state index in [0.29, 0.717) is 30.3 Å². The highest BCUT2D eigenvalue weighted by Gasteiger charge is 2.47. The summed E-state index contributed by atoms with van der Waals surface area (Å²) in [5.74, 6) is 1.20. The Balaban J connectivity index is 1.82. The largest absolute Gasteiger partial charge is 0.508 e. The maximum atomic E-state index is 12.0. The number of rotatable bonds is 2. The van der Waals surface area contributed by atoms with E-state index in [1.165, 1.54) is 16.7 Å². The molecule has 1 unspecified atom stereocenters. The van der Waals surface area contributed by atoms with Gasteiger partial charge in [0.1, 0.15) is 11.5 Å². The molecule has 4 rings (SSSR count). The summed E-state index contributed by atoms with van der Waals surface area (Å²) in [6, 6.07) is 16.5. The molecule has 23 heavy (non-hydrogen) atoms. The lowest BCUT2D eigenvalue weighted by Crippen LogP contribution is -2.45. The number of carbonyl (C=O) groups is 1. The van der Waals surface area contributed by atoms with Gasteiger partial charge < -0.3 is 5.11 Å². The van der Waals surface area contributed by atoms with Crippen molar-refractivity contribution < 1.29 is 9.90 Å². The zero-order valence-electron chi connectivity index (χ0n) is 13.3. The van der Waals surface area contributed by atoms with Crippen LogP contribution in [0.25, 0.3) is 0 Å². The van der Waals surface area contributed by atoms with Gasteiger partial charge in [-0.1, -0.05) is 36.4 Å². The average molecular weight is 306 g/mol. The summed E-state index contributed by atoms with van der Waals surface area (Å²) in [5.41, 5.74) is 4.03. The summed E-state index contributed by atoms with van der Waals surface area (Å²) in [5, 5.41) is 9.85. The molecule has 118 valence electrons. The zero-order chi connectivity index (χ0) is 15.9. The molecule has 1 fully saturated rings. The molecule has 0 heterocycles. The molecule has 1 N–H and O–H groups in total. The quantitative estimate of drug-likeness (QED) is 0.903. The van der Waals surface area contributed by atoms with Crippen molar-refractivity contribution in [3.8, 4) is 5.75 Å². The number of Topliss-reactive ketones (excluding diaryl/α,β-unsaturated/α-hetero) is 1. The maximum absolute atomic E-state index is 12.0. The second-order valence-corrected chi connectivity index (χ2v) is 7.14. The van der Waals surface area contributed by atoms with Crippen LogP contribution in [0.2, 0.25) is 0 Å². The van der Waals surface area contributed by atoms with E-state index in [2.05, 4.69) is 36.4 Å². The molecule has 0 radical (unpaired) electrons. The van der Waals surface area contributed by atoms with Gasteiger partial charge in [-0.15, -0.1) is 0 Å². The molecular weight excluding hydrogens is 284 g/mol. The van der Waals surface area contributed by atoms with Crippen molar-refractivity contribution in [2.75, 3.05) is 0 Å². The number of aromatic hydroxyl groups is 1. The number of benzene rings is 2. The minimum atomic E-state index is 0.0521. The number of phenols is 1. The first-order valence-corrected chi connectivity index (χ1v) is 8.55. The van der Waals surface area contributed by atoms with Gasteiger partial charge >= 0.3 is 0 Å². The molecule has 1 saturated carbocycles. The summed E-state index contributed by atoms with van der Waals surface area (Å²) in [4.78, 5) is 12.0. The fourth-order valence-electron chi connectivity index (χ4n) is 4.76.